The number of allylic oxidation sites excluding steroid dienone is 3. The van der Waals surface area contributed by atoms with Crippen LogP contribution in [0.5, 0.6) is 0 Å². The standard InChI is InChI=1S/C11H16O2/c1-7-5-10(6-11(12)13-4)9(3)8(7)2/h5,7H,6H2,1-4H3. The van der Waals surface area contributed by atoms with Gasteiger partial charge in [-0.2, -0.15) is 0 Å². The summed E-state index contributed by atoms with van der Waals surface area (Å²) in [7, 11) is 1.42. The number of rotatable bonds is 2. The summed E-state index contributed by atoms with van der Waals surface area (Å²) >= 11 is 0. The molecule has 13 heavy (non-hydrogen) atoms. The smallest absolute Gasteiger partial charge is 0.309 e. The van der Waals surface area contributed by atoms with E-state index >= 15 is 0 Å². The maximum absolute atomic E-state index is 11.0. The van der Waals surface area contributed by atoms with Crippen LogP contribution in [0.1, 0.15) is 27.2 Å². The molecule has 0 aliphatic heterocycles. The van der Waals surface area contributed by atoms with Gasteiger partial charge in [0.15, 0.2) is 0 Å². The number of hydrogen-bond acceptors (Lipinski definition) is 2. The lowest BCUT2D eigenvalue weighted by molar-refractivity contribution is -0.139. The fourth-order valence-electron chi connectivity index (χ4n) is 1.57. The molecule has 0 amide bonds. The molecule has 1 aliphatic rings. The third-order valence-electron chi connectivity index (χ3n) is 2.77. The second-order valence-electron chi connectivity index (χ2n) is 3.54. The molecule has 0 heterocycles. The fraction of sp³-hybridized carbons (Fsp3) is 0.545. The van der Waals surface area contributed by atoms with Crippen LogP contribution >= 0.6 is 0 Å². The van der Waals surface area contributed by atoms with E-state index in [1.54, 1.807) is 0 Å². The third kappa shape index (κ3) is 2.00. The molecule has 0 saturated heterocycles. The zero-order valence-corrected chi connectivity index (χ0v) is 8.68. The van der Waals surface area contributed by atoms with Gasteiger partial charge in [0, 0.05) is 0 Å². The highest BCUT2D eigenvalue weighted by Gasteiger charge is 2.18. The number of ether oxygens (including phenoxy) is 1. The van der Waals surface area contributed by atoms with Gasteiger partial charge in [-0.05, 0) is 30.9 Å². The molecule has 1 atom stereocenters. The Morgan fingerprint density at radius 1 is 1.54 bits per heavy atom. The quantitative estimate of drug-likeness (QED) is 0.610. The summed E-state index contributed by atoms with van der Waals surface area (Å²) in [6, 6.07) is 0. The molecule has 0 aromatic carbocycles. The summed E-state index contributed by atoms with van der Waals surface area (Å²) in [4.78, 5) is 11.0. The molecule has 0 aromatic heterocycles. The number of esters is 1. The van der Waals surface area contributed by atoms with Crippen LogP contribution in [0, 0.1) is 5.92 Å². The first-order valence-electron chi connectivity index (χ1n) is 4.51. The van der Waals surface area contributed by atoms with Gasteiger partial charge in [0.05, 0.1) is 13.5 Å². The Balaban J connectivity index is 2.74. The molecule has 0 spiro atoms. The Hall–Kier alpha value is -1.05. The summed E-state index contributed by atoms with van der Waals surface area (Å²) in [6.45, 7) is 6.32. The maximum atomic E-state index is 11.0. The van der Waals surface area contributed by atoms with Gasteiger partial charge in [-0.25, -0.2) is 0 Å². The molecular formula is C11H16O2. The summed E-state index contributed by atoms with van der Waals surface area (Å²) in [5.74, 6) is 0.312. The van der Waals surface area contributed by atoms with E-state index in [1.165, 1.54) is 18.3 Å². The minimum Gasteiger partial charge on any atom is -0.469 e. The lowest BCUT2D eigenvalue weighted by Gasteiger charge is -2.03. The highest BCUT2D eigenvalue weighted by molar-refractivity contribution is 5.74. The molecule has 1 rings (SSSR count). The van der Waals surface area contributed by atoms with E-state index in [2.05, 4.69) is 31.6 Å². The molecule has 2 heteroatoms. The first-order valence-corrected chi connectivity index (χ1v) is 4.51. The SMILES string of the molecule is COC(=O)CC1=CC(C)C(C)=C1C. The Morgan fingerprint density at radius 2 is 2.15 bits per heavy atom. The van der Waals surface area contributed by atoms with Crippen molar-refractivity contribution < 1.29 is 9.53 Å². The zero-order valence-electron chi connectivity index (χ0n) is 8.68. The maximum Gasteiger partial charge on any atom is 0.309 e. The van der Waals surface area contributed by atoms with Crippen LogP contribution in [-0.4, -0.2) is 13.1 Å². The predicted molar refractivity (Wildman–Crippen MR) is 52.3 cm³/mol. The van der Waals surface area contributed by atoms with Crippen molar-refractivity contribution in [3.05, 3.63) is 22.8 Å². The molecule has 1 aliphatic carbocycles. The van der Waals surface area contributed by atoms with E-state index in [0.717, 1.165) is 5.57 Å². The minimum atomic E-state index is -0.160. The molecule has 2 nitrogen and oxygen atoms in total. The van der Waals surface area contributed by atoms with Crippen LogP contribution in [-0.2, 0) is 9.53 Å². The lowest BCUT2D eigenvalue weighted by Crippen LogP contribution is -2.01. The average Bonchev–Trinajstić information content (AvgIpc) is 2.34. The monoisotopic (exact) mass is 180 g/mol. The molecule has 72 valence electrons. The van der Waals surface area contributed by atoms with Gasteiger partial charge in [-0.3, -0.25) is 4.79 Å². The molecule has 0 radical (unpaired) electrons. The number of carbonyl (C=O) groups excluding carboxylic acids is 1. The van der Waals surface area contributed by atoms with Crippen molar-refractivity contribution >= 4 is 5.97 Å². The Morgan fingerprint density at radius 3 is 2.54 bits per heavy atom. The van der Waals surface area contributed by atoms with E-state index < -0.39 is 0 Å². The van der Waals surface area contributed by atoms with Gasteiger partial charge in [0.25, 0.3) is 0 Å². The van der Waals surface area contributed by atoms with Crippen molar-refractivity contribution in [2.45, 2.75) is 27.2 Å². The van der Waals surface area contributed by atoms with Crippen LogP contribution in [0.25, 0.3) is 0 Å². The number of carbonyl (C=O) groups is 1. The van der Waals surface area contributed by atoms with Crippen molar-refractivity contribution in [1.29, 1.82) is 0 Å². The zero-order chi connectivity index (χ0) is 10.0. The average molecular weight is 180 g/mol. The highest BCUT2D eigenvalue weighted by atomic mass is 16.5. The summed E-state index contributed by atoms with van der Waals surface area (Å²) in [5, 5.41) is 0. The summed E-state index contributed by atoms with van der Waals surface area (Å²) in [6.07, 6.45) is 2.55. The number of methoxy groups -OCH3 is 1. The molecule has 0 fully saturated rings. The van der Waals surface area contributed by atoms with Crippen LogP contribution in [0.15, 0.2) is 22.8 Å². The minimum absolute atomic E-state index is 0.160. The van der Waals surface area contributed by atoms with Crippen molar-refractivity contribution in [1.82, 2.24) is 0 Å². The van der Waals surface area contributed by atoms with E-state index in [9.17, 15) is 4.79 Å². The topological polar surface area (TPSA) is 26.3 Å². The molecular weight excluding hydrogens is 164 g/mol. The van der Waals surface area contributed by atoms with Gasteiger partial charge in [-0.1, -0.05) is 18.6 Å². The van der Waals surface area contributed by atoms with Crippen LogP contribution in [0.3, 0.4) is 0 Å². The number of hydrogen-bond donors (Lipinski definition) is 0. The lowest BCUT2D eigenvalue weighted by atomic mass is 10.0. The van der Waals surface area contributed by atoms with Crippen LogP contribution < -0.4 is 0 Å². The van der Waals surface area contributed by atoms with Crippen LogP contribution in [0.4, 0.5) is 0 Å². The van der Waals surface area contributed by atoms with Gasteiger partial charge in [-0.15, -0.1) is 0 Å². The second kappa shape index (κ2) is 3.77. The van der Waals surface area contributed by atoms with Crippen LogP contribution in [0.2, 0.25) is 0 Å². The summed E-state index contributed by atoms with van der Waals surface area (Å²) < 4.78 is 4.63. The Kier molecular flexibility index (Phi) is 2.91. The normalized spacial score (nSPS) is 21.8. The first kappa shape index (κ1) is 10.0. The van der Waals surface area contributed by atoms with Crippen molar-refractivity contribution in [2.24, 2.45) is 5.92 Å². The molecule has 1 unspecified atom stereocenters. The van der Waals surface area contributed by atoms with Gasteiger partial charge < -0.3 is 4.74 Å². The Labute approximate surface area is 79.3 Å². The van der Waals surface area contributed by atoms with E-state index in [-0.39, 0.29) is 5.97 Å². The van der Waals surface area contributed by atoms with Gasteiger partial charge >= 0.3 is 5.97 Å². The fourth-order valence-corrected chi connectivity index (χ4v) is 1.57. The van der Waals surface area contributed by atoms with Gasteiger partial charge in [0.1, 0.15) is 0 Å². The van der Waals surface area contributed by atoms with Gasteiger partial charge in [0.2, 0.25) is 0 Å². The van der Waals surface area contributed by atoms with Crippen molar-refractivity contribution in [3.8, 4) is 0 Å². The van der Waals surface area contributed by atoms with E-state index in [4.69, 9.17) is 0 Å². The van der Waals surface area contributed by atoms with Crippen molar-refractivity contribution in [3.63, 3.8) is 0 Å². The molecule has 0 bridgehead atoms. The highest BCUT2D eigenvalue weighted by Crippen LogP contribution is 2.31. The van der Waals surface area contributed by atoms with Crippen molar-refractivity contribution in [2.75, 3.05) is 7.11 Å². The third-order valence-corrected chi connectivity index (χ3v) is 2.77. The molecule has 0 saturated carbocycles. The molecule has 0 aromatic rings. The molecule has 0 N–H and O–H groups in total. The summed E-state index contributed by atoms with van der Waals surface area (Å²) in [5.41, 5.74) is 3.73. The van der Waals surface area contributed by atoms with E-state index in [0.29, 0.717) is 12.3 Å². The Bertz CT molecular complexity index is 284. The first-order chi connectivity index (χ1) is 6.06. The predicted octanol–water partition coefficient (Wildman–Crippen LogP) is 2.46. The second-order valence-corrected chi connectivity index (χ2v) is 3.54. The largest absolute Gasteiger partial charge is 0.469 e. The van der Waals surface area contributed by atoms with E-state index in [1.807, 2.05) is 0 Å².